The SMILES string of the molecule is Cc1nccnc1NN(C)C. The summed E-state index contributed by atoms with van der Waals surface area (Å²) in [6.45, 7) is 1.92. The van der Waals surface area contributed by atoms with Crippen LogP contribution in [0.15, 0.2) is 12.4 Å². The summed E-state index contributed by atoms with van der Waals surface area (Å²) in [4.78, 5) is 8.18. The maximum absolute atomic E-state index is 4.10. The van der Waals surface area contributed by atoms with E-state index in [1.807, 2.05) is 26.0 Å². The maximum Gasteiger partial charge on any atom is 0.161 e. The third kappa shape index (κ3) is 2.16. The minimum atomic E-state index is 0.803. The maximum atomic E-state index is 4.10. The third-order valence-electron chi connectivity index (χ3n) is 1.21. The largest absolute Gasteiger partial charge is 0.302 e. The van der Waals surface area contributed by atoms with Gasteiger partial charge in [-0.2, -0.15) is 0 Å². The van der Waals surface area contributed by atoms with Crippen molar-refractivity contribution in [3.8, 4) is 0 Å². The Labute approximate surface area is 66.2 Å². The Balaban J connectivity index is 2.78. The summed E-state index contributed by atoms with van der Waals surface area (Å²) < 4.78 is 0. The fourth-order valence-electron chi connectivity index (χ4n) is 0.729. The Hall–Kier alpha value is -1.16. The van der Waals surface area contributed by atoms with E-state index in [1.54, 1.807) is 12.4 Å². The fraction of sp³-hybridized carbons (Fsp3) is 0.429. The molecule has 0 aliphatic carbocycles. The molecule has 0 spiro atoms. The zero-order valence-electron chi connectivity index (χ0n) is 7.00. The van der Waals surface area contributed by atoms with Gasteiger partial charge in [0.25, 0.3) is 0 Å². The number of aryl methyl sites for hydroxylation is 1. The second kappa shape index (κ2) is 3.30. The zero-order valence-corrected chi connectivity index (χ0v) is 7.00. The first-order valence-corrected chi connectivity index (χ1v) is 3.41. The van der Waals surface area contributed by atoms with Gasteiger partial charge in [0.05, 0.1) is 5.69 Å². The van der Waals surface area contributed by atoms with Gasteiger partial charge in [-0.05, 0) is 6.92 Å². The lowest BCUT2D eigenvalue weighted by molar-refractivity contribution is 0.491. The summed E-state index contributed by atoms with van der Waals surface area (Å²) in [6, 6.07) is 0. The van der Waals surface area contributed by atoms with Gasteiger partial charge in [0.1, 0.15) is 0 Å². The third-order valence-corrected chi connectivity index (χ3v) is 1.21. The Morgan fingerprint density at radius 2 is 1.91 bits per heavy atom. The van der Waals surface area contributed by atoms with Crippen molar-refractivity contribution in [3.63, 3.8) is 0 Å². The van der Waals surface area contributed by atoms with Crippen molar-refractivity contribution in [1.82, 2.24) is 15.0 Å². The molecule has 0 aliphatic rings. The molecule has 11 heavy (non-hydrogen) atoms. The normalized spacial score (nSPS) is 10.2. The summed E-state index contributed by atoms with van der Waals surface area (Å²) in [5.41, 5.74) is 3.94. The van der Waals surface area contributed by atoms with Crippen LogP contribution in [-0.4, -0.2) is 29.1 Å². The van der Waals surface area contributed by atoms with Crippen LogP contribution in [-0.2, 0) is 0 Å². The van der Waals surface area contributed by atoms with Gasteiger partial charge in [-0.3, -0.25) is 4.98 Å². The second-order valence-electron chi connectivity index (χ2n) is 2.50. The van der Waals surface area contributed by atoms with Crippen LogP contribution in [0.3, 0.4) is 0 Å². The van der Waals surface area contributed by atoms with E-state index in [0.717, 1.165) is 11.5 Å². The number of nitrogens with one attached hydrogen (secondary N) is 1. The van der Waals surface area contributed by atoms with Crippen LogP contribution >= 0.6 is 0 Å². The molecule has 0 saturated heterocycles. The van der Waals surface area contributed by atoms with E-state index < -0.39 is 0 Å². The summed E-state index contributed by atoms with van der Waals surface area (Å²) in [7, 11) is 3.82. The van der Waals surface area contributed by atoms with Gasteiger partial charge < -0.3 is 5.43 Å². The van der Waals surface area contributed by atoms with Crippen LogP contribution in [0.1, 0.15) is 5.69 Å². The molecule has 0 amide bonds. The van der Waals surface area contributed by atoms with E-state index >= 15 is 0 Å². The van der Waals surface area contributed by atoms with Gasteiger partial charge in [-0.1, -0.05) is 0 Å². The van der Waals surface area contributed by atoms with Crippen molar-refractivity contribution in [3.05, 3.63) is 18.1 Å². The Kier molecular flexibility index (Phi) is 2.38. The predicted octanol–water partition coefficient (Wildman–Crippen LogP) is 0.674. The molecule has 1 rings (SSSR count). The molecule has 0 radical (unpaired) electrons. The average Bonchev–Trinajstić information content (AvgIpc) is 1.93. The topological polar surface area (TPSA) is 41.1 Å². The molecule has 0 bridgehead atoms. The molecule has 60 valence electrons. The van der Waals surface area contributed by atoms with Crippen molar-refractivity contribution < 1.29 is 0 Å². The molecule has 1 heterocycles. The predicted molar refractivity (Wildman–Crippen MR) is 44.1 cm³/mol. The van der Waals surface area contributed by atoms with E-state index in [1.165, 1.54) is 0 Å². The van der Waals surface area contributed by atoms with Crippen LogP contribution < -0.4 is 5.43 Å². The Bertz CT molecular complexity index is 234. The highest BCUT2D eigenvalue weighted by molar-refractivity contribution is 5.36. The summed E-state index contributed by atoms with van der Waals surface area (Å²) in [6.07, 6.45) is 3.34. The fourth-order valence-corrected chi connectivity index (χ4v) is 0.729. The zero-order chi connectivity index (χ0) is 8.27. The van der Waals surface area contributed by atoms with Crippen molar-refractivity contribution in [1.29, 1.82) is 0 Å². The Morgan fingerprint density at radius 1 is 1.27 bits per heavy atom. The van der Waals surface area contributed by atoms with E-state index in [2.05, 4.69) is 15.4 Å². The highest BCUT2D eigenvalue weighted by Crippen LogP contribution is 2.04. The highest BCUT2D eigenvalue weighted by Gasteiger charge is 1.97. The van der Waals surface area contributed by atoms with E-state index in [9.17, 15) is 0 Å². The van der Waals surface area contributed by atoms with Crippen LogP contribution in [0.25, 0.3) is 0 Å². The molecule has 1 aromatic rings. The monoisotopic (exact) mass is 152 g/mol. The summed E-state index contributed by atoms with van der Waals surface area (Å²) >= 11 is 0. The van der Waals surface area contributed by atoms with Crippen molar-refractivity contribution >= 4 is 5.82 Å². The molecule has 0 aliphatic heterocycles. The van der Waals surface area contributed by atoms with E-state index in [-0.39, 0.29) is 0 Å². The molecule has 4 nitrogen and oxygen atoms in total. The van der Waals surface area contributed by atoms with Gasteiger partial charge in [-0.15, -0.1) is 0 Å². The smallest absolute Gasteiger partial charge is 0.161 e. The minimum Gasteiger partial charge on any atom is -0.302 e. The van der Waals surface area contributed by atoms with Crippen LogP contribution in [0, 0.1) is 6.92 Å². The van der Waals surface area contributed by atoms with Crippen LogP contribution in [0.2, 0.25) is 0 Å². The molecule has 0 aromatic carbocycles. The number of aromatic nitrogens is 2. The molecular formula is C7H12N4. The first kappa shape index (κ1) is 7.94. The first-order chi connectivity index (χ1) is 5.20. The van der Waals surface area contributed by atoms with Gasteiger partial charge in [0.15, 0.2) is 5.82 Å². The molecule has 0 saturated carbocycles. The summed E-state index contributed by atoms with van der Waals surface area (Å²) in [5, 5.41) is 1.83. The average molecular weight is 152 g/mol. The number of hydrogen-bond donors (Lipinski definition) is 1. The first-order valence-electron chi connectivity index (χ1n) is 3.41. The van der Waals surface area contributed by atoms with Crippen LogP contribution in [0.4, 0.5) is 5.82 Å². The number of hydrazine groups is 1. The van der Waals surface area contributed by atoms with Crippen molar-refractivity contribution in [2.24, 2.45) is 0 Å². The molecule has 0 unspecified atom stereocenters. The van der Waals surface area contributed by atoms with Gasteiger partial charge in [0.2, 0.25) is 0 Å². The minimum absolute atomic E-state index is 0.803. The van der Waals surface area contributed by atoms with Crippen molar-refractivity contribution in [2.75, 3.05) is 19.5 Å². The van der Waals surface area contributed by atoms with Crippen molar-refractivity contribution in [2.45, 2.75) is 6.92 Å². The van der Waals surface area contributed by atoms with E-state index in [0.29, 0.717) is 0 Å². The number of rotatable bonds is 2. The molecule has 1 N–H and O–H groups in total. The Morgan fingerprint density at radius 3 is 2.45 bits per heavy atom. The molecule has 0 atom stereocenters. The highest BCUT2D eigenvalue weighted by atomic mass is 15.5. The van der Waals surface area contributed by atoms with E-state index in [4.69, 9.17) is 0 Å². The lowest BCUT2D eigenvalue weighted by atomic mass is 10.4. The summed E-state index contributed by atoms with van der Waals surface area (Å²) in [5.74, 6) is 0.803. The van der Waals surface area contributed by atoms with Gasteiger partial charge >= 0.3 is 0 Å². The molecule has 1 aromatic heterocycles. The number of nitrogens with zero attached hydrogens (tertiary/aromatic N) is 3. The molecule has 0 fully saturated rings. The van der Waals surface area contributed by atoms with Gasteiger partial charge in [-0.25, -0.2) is 9.99 Å². The number of hydrogen-bond acceptors (Lipinski definition) is 4. The standard InChI is InChI=1S/C7H12N4/c1-6-7(10-11(2)3)9-5-4-8-6/h4-5H,1-3H3,(H,9,10). The lowest BCUT2D eigenvalue weighted by Crippen LogP contribution is -2.21. The quantitative estimate of drug-likeness (QED) is 0.632. The second-order valence-corrected chi connectivity index (χ2v) is 2.50. The molecular weight excluding hydrogens is 140 g/mol. The van der Waals surface area contributed by atoms with Crippen LogP contribution in [0.5, 0.6) is 0 Å². The lowest BCUT2D eigenvalue weighted by Gasteiger charge is -2.12. The molecule has 4 heteroatoms. The number of anilines is 1. The van der Waals surface area contributed by atoms with Gasteiger partial charge in [0, 0.05) is 26.5 Å².